The van der Waals surface area contributed by atoms with E-state index in [0.29, 0.717) is 25.9 Å². The molecule has 234 valence electrons. The standard InChI is InChI=1S/C35H49N3O5/c1-10-14-35(6,7)15-16-36-33(41)37-30(34(3,4)5)31(39)38-22-24(19-28(38)32(40)43-9)17-23-12-13-26-21-29(42-8)25(11-2)20-27(26)18-23/h10-13,18,20-21,24,28,30H,1-2,14-17,19,22H2,3-9H3,(H2,36,37,41). The molecule has 3 rings (SSSR count). The van der Waals surface area contributed by atoms with E-state index in [0.717, 1.165) is 40.5 Å². The molecule has 2 aromatic rings. The molecule has 2 N–H and O–H groups in total. The number of likely N-dealkylation sites (tertiary alicyclic amines) is 1. The summed E-state index contributed by atoms with van der Waals surface area (Å²) in [5.41, 5.74) is 1.45. The van der Waals surface area contributed by atoms with Crippen molar-refractivity contribution in [1.82, 2.24) is 15.5 Å². The minimum Gasteiger partial charge on any atom is -0.496 e. The second-order valence-corrected chi connectivity index (χ2v) is 13.4. The van der Waals surface area contributed by atoms with Crippen molar-refractivity contribution in [2.24, 2.45) is 16.7 Å². The van der Waals surface area contributed by atoms with Crippen molar-refractivity contribution in [2.75, 3.05) is 27.3 Å². The number of benzene rings is 2. The Morgan fingerprint density at radius 1 is 1.07 bits per heavy atom. The molecule has 0 bridgehead atoms. The van der Waals surface area contributed by atoms with Crippen molar-refractivity contribution in [3.63, 3.8) is 0 Å². The van der Waals surface area contributed by atoms with Gasteiger partial charge in [-0.3, -0.25) is 4.79 Å². The first-order chi connectivity index (χ1) is 20.2. The Labute approximate surface area is 256 Å². The van der Waals surface area contributed by atoms with Crippen LogP contribution in [0.15, 0.2) is 49.6 Å². The maximum absolute atomic E-state index is 14.0. The minimum absolute atomic E-state index is 0.0123. The van der Waals surface area contributed by atoms with Crippen LogP contribution in [0.5, 0.6) is 5.75 Å². The van der Waals surface area contributed by atoms with Gasteiger partial charge in [0.15, 0.2) is 0 Å². The van der Waals surface area contributed by atoms with Crippen molar-refractivity contribution in [3.05, 3.63) is 60.7 Å². The molecule has 8 heteroatoms. The van der Waals surface area contributed by atoms with Crippen LogP contribution in [0.25, 0.3) is 16.8 Å². The number of urea groups is 1. The van der Waals surface area contributed by atoms with Crippen LogP contribution >= 0.6 is 0 Å². The van der Waals surface area contributed by atoms with E-state index in [9.17, 15) is 14.4 Å². The van der Waals surface area contributed by atoms with E-state index in [-0.39, 0.29) is 17.2 Å². The topological polar surface area (TPSA) is 97.0 Å². The monoisotopic (exact) mass is 591 g/mol. The second kappa shape index (κ2) is 14.1. The van der Waals surface area contributed by atoms with Gasteiger partial charge in [0.05, 0.1) is 14.2 Å². The van der Waals surface area contributed by atoms with Crippen molar-refractivity contribution >= 4 is 34.8 Å². The van der Waals surface area contributed by atoms with E-state index in [4.69, 9.17) is 9.47 Å². The van der Waals surface area contributed by atoms with Gasteiger partial charge in [-0.05, 0) is 70.9 Å². The first-order valence-corrected chi connectivity index (χ1v) is 15.0. The van der Waals surface area contributed by atoms with E-state index >= 15 is 0 Å². The lowest BCUT2D eigenvalue weighted by Crippen LogP contribution is -2.58. The molecule has 0 radical (unpaired) electrons. The lowest BCUT2D eigenvalue weighted by Gasteiger charge is -2.35. The molecule has 8 nitrogen and oxygen atoms in total. The maximum Gasteiger partial charge on any atom is 0.328 e. The fourth-order valence-electron chi connectivity index (χ4n) is 5.82. The summed E-state index contributed by atoms with van der Waals surface area (Å²) in [6, 6.07) is 8.38. The number of rotatable bonds is 12. The number of carbonyl (C=O) groups excluding carboxylic acids is 3. The van der Waals surface area contributed by atoms with Crippen LogP contribution < -0.4 is 15.4 Å². The summed E-state index contributed by atoms with van der Waals surface area (Å²) in [6.07, 6.45) is 6.45. The normalized spacial score (nSPS) is 17.7. The zero-order valence-electron chi connectivity index (χ0n) is 26.9. The zero-order valence-corrected chi connectivity index (χ0v) is 26.9. The first kappa shape index (κ1) is 33.7. The molecule has 0 spiro atoms. The Balaban J connectivity index is 1.77. The maximum atomic E-state index is 14.0. The number of hydrogen-bond acceptors (Lipinski definition) is 5. The highest BCUT2D eigenvalue weighted by molar-refractivity contribution is 5.91. The Morgan fingerprint density at radius 2 is 1.79 bits per heavy atom. The average molecular weight is 592 g/mol. The average Bonchev–Trinajstić information content (AvgIpc) is 3.37. The minimum atomic E-state index is -0.826. The number of nitrogens with zero attached hydrogens (tertiary/aromatic N) is 1. The fraction of sp³-hybridized carbons (Fsp3) is 0.514. The molecule has 0 aliphatic carbocycles. The zero-order chi connectivity index (χ0) is 31.9. The predicted octanol–water partition coefficient (Wildman–Crippen LogP) is 6.13. The van der Waals surface area contributed by atoms with Gasteiger partial charge in [-0.25, -0.2) is 9.59 Å². The van der Waals surface area contributed by atoms with Crippen LogP contribution in [0, 0.1) is 16.7 Å². The first-order valence-electron chi connectivity index (χ1n) is 15.0. The number of methoxy groups -OCH3 is 2. The lowest BCUT2D eigenvalue weighted by atomic mass is 9.85. The van der Waals surface area contributed by atoms with Crippen molar-refractivity contribution in [1.29, 1.82) is 0 Å². The summed E-state index contributed by atoms with van der Waals surface area (Å²) in [4.78, 5) is 41.4. The number of esters is 1. The van der Waals surface area contributed by atoms with Crippen molar-refractivity contribution in [2.45, 2.75) is 72.4 Å². The molecule has 1 aliphatic heterocycles. The Bertz CT molecular complexity index is 1340. The van der Waals surface area contributed by atoms with Crippen LogP contribution in [0.1, 0.15) is 65.0 Å². The number of amides is 3. The summed E-state index contributed by atoms with van der Waals surface area (Å²) in [6.45, 7) is 18.5. The molecular weight excluding hydrogens is 542 g/mol. The van der Waals surface area contributed by atoms with Gasteiger partial charge in [-0.15, -0.1) is 6.58 Å². The molecule has 1 saturated heterocycles. The van der Waals surface area contributed by atoms with Crippen LogP contribution in [0.3, 0.4) is 0 Å². The second-order valence-electron chi connectivity index (χ2n) is 13.4. The summed E-state index contributed by atoms with van der Waals surface area (Å²) in [7, 11) is 2.99. The quantitative estimate of drug-likeness (QED) is 0.229. The predicted molar refractivity (Wildman–Crippen MR) is 173 cm³/mol. The van der Waals surface area contributed by atoms with Crippen molar-refractivity contribution < 1.29 is 23.9 Å². The summed E-state index contributed by atoms with van der Waals surface area (Å²) in [5.74, 6) is 0.0879. The largest absolute Gasteiger partial charge is 0.496 e. The molecule has 43 heavy (non-hydrogen) atoms. The lowest BCUT2D eigenvalue weighted by molar-refractivity contribution is -0.152. The fourth-order valence-corrected chi connectivity index (χ4v) is 5.82. The Kier molecular flexibility index (Phi) is 11.1. The van der Waals surface area contributed by atoms with Gasteiger partial charge < -0.3 is 25.0 Å². The van der Waals surface area contributed by atoms with Gasteiger partial charge in [-0.1, -0.05) is 71.5 Å². The van der Waals surface area contributed by atoms with E-state index < -0.39 is 29.5 Å². The molecule has 2 aromatic carbocycles. The smallest absolute Gasteiger partial charge is 0.328 e. The third kappa shape index (κ3) is 8.62. The van der Waals surface area contributed by atoms with Gasteiger partial charge in [0.25, 0.3) is 0 Å². The highest BCUT2D eigenvalue weighted by Gasteiger charge is 2.45. The molecule has 0 aromatic heterocycles. The summed E-state index contributed by atoms with van der Waals surface area (Å²) < 4.78 is 10.6. The number of ether oxygens (including phenoxy) is 2. The molecule has 1 fully saturated rings. The summed E-state index contributed by atoms with van der Waals surface area (Å²) >= 11 is 0. The number of carbonyl (C=O) groups is 3. The van der Waals surface area contributed by atoms with Crippen molar-refractivity contribution in [3.8, 4) is 5.75 Å². The molecule has 3 unspecified atom stereocenters. The molecule has 1 aliphatic rings. The third-order valence-corrected chi connectivity index (χ3v) is 8.31. The molecule has 0 saturated carbocycles. The number of fused-ring (bicyclic) bond motifs is 1. The molecule has 3 atom stereocenters. The van der Waals surface area contributed by atoms with Gasteiger partial charge in [0, 0.05) is 18.7 Å². The molecule has 1 heterocycles. The highest BCUT2D eigenvalue weighted by atomic mass is 16.5. The van der Waals surface area contributed by atoms with E-state index in [1.165, 1.54) is 7.11 Å². The van der Waals surface area contributed by atoms with Gasteiger partial charge >= 0.3 is 12.0 Å². The Hall–Kier alpha value is -3.81. The highest BCUT2D eigenvalue weighted by Crippen LogP contribution is 2.33. The SMILES string of the molecule is C=CCC(C)(C)CCNC(=O)NC(C(=O)N1CC(Cc2ccc3cc(OC)c(C=C)cc3c2)CC1C(=O)OC)C(C)(C)C. The van der Waals surface area contributed by atoms with Crippen LogP contribution in [-0.2, 0) is 20.7 Å². The van der Waals surface area contributed by atoms with Gasteiger partial charge in [0.2, 0.25) is 5.91 Å². The third-order valence-electron chi connectivity index (χ3n) is 8.31. The van der Waals surface area contributed by atoms with Gasteiger partial charge in [0.1, 0.15) is 17.8 Å². The van der Waals surface area contributed by atoms with Gasteiger partial charge in [-0.2, -0.15) is 0 Å². The van der Waals surface area contributed by atoms with E-state index in [1.807, 2.05) is 32.9 Å². The Morgan fingerprint density at radius 3 is 2.40 bits per heavy atom. The van der Waals surface area contributed by atoms with Crippen LogP contribution in [0.2, 0.25) is 0 Å². The number of nitrogens with one attached hydrogen (secondary N) is 2. The van der Waals surface area contributed by atoms with Crippen LogP contribution in [-0.4, -0.2) is 62.2 Å². The molecular formula is C35H49N3O5. The van der Waals surface area contributed by atoms with Crippen LogP contribution in [0.4, 0.5) is 4.79 Å². The summed E-state index contributed by atoms with van der Waals surface area (Å²) in [5, 5.41) is 7.93. The number of hydrogen-bond donors (Lipinski definition) is 2. The van der Waals surface area contributed by atoms with E-state index in [2.05, 4.69) is 61.9 Å². The molecule has 3 amide bonds. The van der Waals surface area contributed by atoms with E-state index in [1.54, 1.807) is 18.1 Å². The number of allylic oxidation sites excluding steroid dienone is 1.